The number of anilines is 2. The number of nitrogens with one attached hydrogen (secondary N) is 2. The zero-order valence-electron chi connectivity index (χ0n) is 18.8. The summed E-state index contributed by atoms with van der Waals surface area (Å²) in [6.45, 7) is 5.09. The molecule has 2 heterocycles. The zero-order chi connectivity index (χ0) is 23.0. The molecule has 2 aliphatic heterocycles. The third kappa shape index (κ3) is 4.45. The predicted molar refractivity (Wildman–Crippen MR) is 134 cm³/mol. The van der Waals surface area contributed by atoms with Gasteiger partial charge in [0.05, 0.1) is 31.5 Å². The fourth-order valence-electron chi connectivity index (χ4n) is 4.38. The van der Waals surface area contributed by atoms with Crippen LogP contribution in [0.3, 0.4) is 0 Å². The number of para-hydroxylation sites is 1. The molecule has 6 nitrogen and oxygen atoms in total. The van der Waals surface area contributed by atoms with E-state index in [2.05, 4.69) is 34.8 Å². The SMILES string of the molecule is Cc1cccc(C(=O)N[N+]2(C)CCN(C3=Nc4cc(Cl)ccc4Nc4ccccc43)CC2)c1. The number of nitrogens with zero attached hydrogens (tertiary/aromatic N) is 3. The van der Waals surface area contributed by atoms with Gasteiger partial charge in [-0.05, 0) is 49.4 Å². The monoisotopic (exact) mass is 460 g/mol. The van der Waals surface area contributed by atoms with Crippen LogP contribution in [0.4, 0.5) is 17.1 Å². The minimum atomic E-state index is -0.0421. The quantitative estimate of drug-likeness (QED) is 0.535. The van der Waals surface area contributed by atoms with Gasteiger partial charge in [0, 0.05) is 21.8 Å². The van der Waals surface area contributed by atoms with Gasteiger partial charge in [0.25, 0.3) is 5.91 Å². The number of carbonyl (C=O) groups is 1. The highest BCUT2D eigenvalue weighted by Crippen LogP contribution is 2.36. The Morgan fingerprint density at radius 1 is 1.03 bits per heavy atom. The maximum absolute atomic E-state index is 12.8. The molecule has 0 atom stereocenters. The van der Waals surface area contributed by atoms with E-state index in [-0.39, 0.29) is 5.91 Å². The molecule has 2 aliphatic rings. The first-order chi connectivity index (χ1) is 15.9. The van der Waals surface area contributed by atoms with E-state index in [1.165, 1.54) is 0 Å². The van der Waals surface area contributed by atoms with E-state index < -0.39 is 0 Å². The van der Waals surface area contributed by atoms with Crippen molar-refractivity contribution in [2.45, 2.75) is 6.92 Å². The van der Waals surface area contributed by atoms with Crippen LogP contribution in [0.5, 0.6) is 0 Å². The van der Waals surface area contributed by atoms with Crippen molar-refractivity contribution in [3.05, 3.63) is 88.4 Å². The number of carbonyl (C=O) groups excluding carboxylic acids is 1. The van der Waals surface area contributed by atoms with Crippen molar-refractivity contribution in [2.75, 3.05) is 38.5 Å². The number of aryl methyl sites for hydroxylation is 1. The van der Waals surface area contributed by atoms with Crippen molar-refractivity contribution in [1.29, 1.82) is 0 Å². The molecule has 2 N–H and O–H groups in total. The summed E-state index contributed by atoms with van der Waals surface area (Å²) < 4.78 is 0.485. The number of halogens is 1. The van der Waals surface area contributed by atoms with Gasteiger partial charge < -0.3 is 10.2 Å². The number of likely N-dealkylation sites (N-methyl/N-ethyl adjacent to an activating group) is 1. The number of amides is 1. The lowest BCUT2D eigenvalue weighted by molar-refractivity contribution is -0.946. The number of quaternary nitrogens is 1. The van der Waals surface area contributed by atoms with Gasteiger partial charge >= 0.3 is 0 Å². The maximum Gasteiger partial charge on any atom is 0.295 e. The van der Waals surface area contributed by atoms with Crippen LogP contribution in [-0.2, 0) is 0 Å². The number of benzene rings is 3. The summed E-state index contributed by atoms with van der Waals surface area (Å²) >= 11 is 6.27. The average molecular weight is 461 g/mol. The molecule has 0 saturated carbocycles. The molecule has 0 bridgehead atoms. The molecule has 0 spiro atoms. The van der Waals surface area contributed by atoms with Crippen molar-refractivity contribution < 1.29 is 9.39 Å². The summed E-state index contributed by atoms with van der Waals surface area (Å²) in [4.78, 5) is 20.2. The Balaban J connectivity index is 1.38. The van der Waals surface area contributed by atoms with Crippen molar-refractivity contribution in [3.63, 3.8) is 0 Å². The third-order valence-electron chi connectivity index (χ3n) is 6.30. The van der Waals surface area contributed by atoms with Crippen LogP contribution in [0.25, 0.3) is 0 Å². The van der Waals surface area contributed by atoms with Gasteiger partial charge in [0.15, 0.2) is 0 Å². The molecule has 1 amide bonds. The molecule has 0 unspecified atom stereocenters. The van der Waals surface area contributed by atoms with Crippen LogP contribution in [0.2, 0.25) is 5.02 Å². The summed E-state index contributed by atoms with van der Waals surface area (Å²) in [5.74, 6) is 0.884. The molecule has 168 valence electrons. The minimum Gasteiger partial charge on any atom is -0.353 e. The van der Waals surface area contributed by atoms with E-state index >= 15 is 0 Å². The summed E-state index contributed by atoms with van der Waals surface area (Å²) in [6.07, 6.45) is 0. The minimum absolute atomic E-state index is 0.0421. The first-order valence-electron chi connectivity index (χ1n) is 11.1. The van der Waals surface area contributed by atoms with Crippen LogP contribution in [-0.4, -0.2) is 54.5 Å². The Morgan fingerprint density at radius 3 is 2.61 bits per heavy atom. The van der Waals surface area contributed by atoms with E-state index in [1.54, 1.807) is 0 Å². The highest BCUT2D eigenvalue weighted by atomic mass is 35.5. The molecule has 33 heavy (non-hydrogen) atoms. The molecule has 0 aromatic heterocycles. The number of aliphatic imine (C=N–C) groups is 1. The lowest BCUT2D eigenvalue weighted by Gasteiger charge is -2.42. The first-order valence-corrected chi connectivity index (χ1v) is 11.5. The summed E-state index contributed by atoms with van der Waals surface area (Å²) in [6, 6.07) is 21.6. The van der Waals surface area contributed by atoms with Crippen molar-refractivity contribution in [2.24, 2.45) is 4.99 Å². The summed E-state index contributed by atoms with van der Waals surface area (Å²) in [7, 11) is 2.07. The molecule has 0 radical (unpaired) electrons. The van der Waals surface area contributed by atoms with Gasteiger partial charge in [-0.15, -0.1) is 0 Å². The highest BCUT2D eigenvalue weighted by Gasteiger charge is 2.34. The lowest BCUT2D eigenvalue weighted by Crippen LogP contribution is -2.65. The number of amidine groups is 1. The highest BCUT2D eigenvalue weighted by molar-refractivity contribution is 6.31. The fourth-order valence-corrected chi connectivity index (χ4v) is 4.54. The number of fused-ring (bicyclic) bond motifs is 2. The Labute approximate surface area is 199 Å². The Bertz CT molecular complexity index is 1250. The number of hydrogen-bond donors (Lipinski definition) is 2. The van der Waals surface area contributed by atoms with E-state index in [1.807, 2.05) is 61.5 Å². The molecular weight excluding hydrogens is 434 g/mol. The number of hydrogen-bond acceptors (Lipinski definition) is 4. The van der Waals surface area contributed by atoms with Gasteiger partial charge in [0.1, 0.15) is 18.9 Å². The topological polar surface area (TPSA) is 56.7 Å². The van der Waals surface area contributed by atoms with E-state index in [9.17, 15) is 4.79 Å². The molecule has 7 heteroatoms. The molecule has 1 saturated heterocycles. The predicted octanol–water partition coefficient (Wildman–Crippen LogP) is 4.89. The average Bonchev–Trinajstić information content (AvgIpc) is 2.96. The molecule has 0 aliphatic carbocycles. The Morgan fingerprint density at radius 2 is 1.82 bits per heavy atom. The fraction of sp³-hybridized carbons (Fsp3) is 0.231. The molecular formula is C26H27ClN5O+. The maximum atomic E-state index is 12.8. The van der Waals surface area contributed by atoms with E-state index in [4.69, 9.17) is 16.6 Å². The van der Waals surface area contributed by atoms with Crippen LogP contribution >= 0.6 is 11.6 Å². The second kappa shape index (κ2) is 8.54. The van der Waals surface area contributed by atoms with Crippen molar-refractivity contribution in [1.82, 2.24) is 10.3 Å². The second-order valence-electron chi connectivity index (χ2n) is 8.91. The smallest absolute Gasteiger partial charge is 0.295 e. The number of rotatable bonds is 2. The largest absolute Gasteiger partial charge is 0.353 e. The van der Waals surface area contributed by atoms with Crippen LogP contribution in [0, 0.1) is 6.92 Å². The van der Waals surface area contributed by atoms with E-state index in [0.717, 1.165) is 60.2 Å². The number of piperazine rings is 1. The molecule has 1 fully saturated rings. The normalized spacial score (nSPS) is 16.6. The summed E-state index contributed by atoms with van der Waals surface area (Å²) in [5, 5.41) is 4.16. The summed E-state index contributed by atoms with van der Waals surface area (Å²) in [5.41, 5.74) is 8.83. The van der Waals surface area contributed by atoms with Crippen LogP contribution < -0.4 is 10.7 Å². The standard InChI is InChI=1S/C26H26ClN5O/c1-18-6-5-7-19(16-18)26(33)30-32(2)14-12-31(13-15-32)25-21-8-3-4-9-22(21)28-23-11-10-20(27)17-24(23)29-25/h3-11,16-17H,12-15H2,1-2H3,(H-,28,29,30,33)/p+1. The van der Waals surface area contributed by atoms with Gasteiger partial charge in [-0.1, -0.05) is 41.4 Å². The second-order valence-corrected chi connectivity index (χ2v) is 9.34. The third-order valence-corrected chi connectivity index (χ3v) is 6.54. The van der Waals surface area contributed by atoms with Crippen molar-refractivity contribution >= 4 is 40.4 Å². The van der Waals surface area contributed by atoms with Gasteiger partial charge in [0.2, 0.25) is 0 Å². The molecule has 3 aromatic rings. The Hall–Kier alpha value is -3.35. The first kappa shape index (κ1) is 21.5. The van der Waals surface area contributed by atoms with Gasteiger partial charge in [-0.3, -0.25) is 4.79 Å². The molecule has 5 rings (SSSR count). The molecule has 3 aromatic carbocycles. The van der Waals surface area contributed by atoms with E-state index in [0.29, 0.717) is 15.2 Å². The van der Waals surface area contributed by atoms with Crippen LogP contribution in [0.15, 0.2) is 71.7 Å². The lowest BCUT2D eigenvalue weighted by atomic mass is 10.1. The Kier molecular flexibility index (Phi) is 5.56. The van der Waals surface area contributed by atoms with Gasteiger partial charge in [-0.2, -0.15) is 5.43 Å². The van der Waals surface area contributed by atoms with Crippen LogP contribution in [0.1, 0.15) is 21.5 Å². The van der Waals surface area contributed by atoms with Gasteiger partial charge in [-0.25, -0.2) is 9.58 Å². The zero-order valence-corrected chi connectivity index (χ0v) is 19.6. The van der Waals surface area contributed by atoms with Crippen molar-refractivity contribution in [3.8, 4) is 0 Å².